The Labute approximate surface area is 199 Å². The lowest BCUT2D eigenvalue weighted by Gasteiger charge is -2.20. The van der Waals surface area contributed by atoms with E-state index in [1.54, 1.807) is 43.3 Å². The number of carbonyl (C=O) groups excluding carboxylic acids is 3. The predicted octanol–water partition coefficient (Wildman–Crippen LogP) is 4.25. The third kappa shape index (κ3) is 4.08. The monoisotopic (exact) mass is 482 g/mol. The van der Waals surface area contributed by atoms with Gasteiger partial charge in [0.05, 0.1) is 31.2 Å². The molecule has 3 aromatic rings. The van der Waals surface area contributed by atoms with Crippen molar-refractivity contribution in [2.45, 2.75) is 26.3 Å². The van der Waals surface area contributed by atoms with Crippen molar-refractivity contribution in [3.8, 4) is 5.75 Å². The lowest BCUT2D eigenvalue weighted by atomic mass is 9.99. The molecular weight excluding hydrogens is 460 g/mol. The zero-order valence-electron chi connectivity index (χ0n) is 18.7. The molecule has 10 heteroatoms. The van der Waals surface area contributed by atoms with Gasteiger partial charge in [-0.3, -0.25) is 14.5 Å². The highest BCUT2D eigenvalue weighted by Crippen LogP contribution is 2.44. The smallest absolute Gasteiger partial charge is 0.350 e. The molecule has 1 aromatic carbocycles. The summed E-state index contributed by atoms with van der Waals surface area (Å²) in [5.74, 6) is -1.99. The molecule has 3 heterocycles. The minimum atomic E-state index is -1.08. The van der Waals surface area contributed by atoms with Crippen LogP contribution >= 0.6 is 11.3 Å². The molecular formula is C24H22N2O7S. The van der Waals surface area contributed by atoms with E-state index in [1.807, 2.05) is 6.92 Å². The average molecular weight is 483 g/mol. The van der Waals surface area contributed by atoms with Gasteiger partial charge in [0.25, 0.3) is 5.78 Å². The van der Waals surface area contributed by atoms with Gasteiger partial charge in [-0.2, -0.15) is 0 Å². The maximum atomic E-state index is 13.2. The number of methoxy groups -OCH3 is 1. The molecule has 1 N–H and O–H groups in total. The van der Waals surface area contributed by atoms with Crippen LogP contribution in [0.3, 0.4) is 0 Å². The van der Waals surface area contributed by atoms with Crippen molar-refractivity contribution in [3.05, 3.63) is 70.1 Å². The number of benzene rings is 1. The highest BCUT2D eigenvalue weighted by atomic mass is 32.1. The molecule has 1 unspecified atom stereocenters. The normalized spacial score (nSPS) is 17.3. The number of aromatic nitrogens is 1. The Kier molecular flexibility index (Phi) is 6.51. The van der Waals surface area contributed by atoms with Crippen molar-refractivity contribution < 1.29 is 33.4 Å². The SMILES string of the molecule is CCCOc1cccc(/C(O)=C2\C(=O)C(=O)N(c3nc(C)c(C(=O)OC)s3)C2c2ccco2)c1. The van der Waals surface area contributed by atoms with Gasteiger partial charge in [0.1, 0.15) is 28.2 Å². The summed E-state index contributed by atoms with van der Waals surface area (Å²) in [5.41, 5.74) is 0.515. The van der Waals surface area contributed by atoms with Gasteiger partial charge in [-0.15, -0.1) is 0 Å². The molecule has 0 aliphatic carbocycles. The van der Waals surface area contributed by atoms with E-state index in [4.69, 9.17) is 13.9 Å². The second kappa shape index (κ2) is 9.52. The van der Waals surface area contributed by atoms with Gasteiger partial charge in [-0.25, -0.2) is 9.78 Å². The summed E-state index contributed by atoms with van der Waals surface area (Å²) in [6, 6.07) is 8.77. The molecule has 4 rings (SSSR count). The van der Waals surface area contributed by atoms with Gasteiger partial charge in [-0.05, 0) is 37.6 Å². The number of hydrogen-bond acceptors (Lipinski definition) is 9. The second-order valence-corrected chi connectivity index (χ2v) is 8.44. The van der Waals surface area contributed by atoms with Crippen LogP contribution in [0, 0.1) is 6.92 Å². The molecule has 1 saturated heterocycles. The molecule has 1 aliphatic rings. The summed E-state index contributed by atoms with van der Waals surface area (Å²) in [5, 5.41) is 11.3. The largest absolute Gasteiger partial charge is 0.507 e. The van der Waals surface area contributed by atoms with E-state index in [0.717, 1.165) is 22.7 Å². The minimum absolute atomic E-state index is 0.112. The first-order chi connectivity index (χ1) is 16.4. The van der Waals surface area contributed by atoms with E-state index >= 15 is 0 Å². The van der Waals surface area contributed by atoms with Crippen LogP contribution in [0.4, 0.5) is 5.13 Å². The first-order valence-electron chi connectivity index (χ1n) is 10.5. The van der Waals surface area contributed by atoms with E-state index in [1.165, 1.54) is 13.4 Å². The quantitative estimate of drug-likeness (QED) is 0.230. The number of hydrogen-bond donors (Lipinski definition) is 1. The van der Waals surface area contributed by atoms with E-state index in [2.05, 4.69) is 4.98 Å². The van der Waals surface area contributed by atoms with Crippen LogP contribution in [0.5, 0.6) is 5.75 Å². The number of Topliss-reactive ketones (excluding diaryl/α,β-unsaturated/α-hetero) is 1. The highest BCUT2D eigenvalue weighted by molar-refractivity contribution is 7.17. The van der Waals surface area contributed by atoms with Crippen LogP contribution in [0.2, 0.25) is 0 Å². The van der Waals surface area contributed by atoms with Gasteiger partial charge in [0, 0.05) is 5.56 Å². The topological polar surface area (TPSA) is 119 Å². The zero-order valence-corrected chi connectivity index (χ0v) is 19.5. The van der Waals surface area contributed by atoms with E-state index in [0.29, 0.717) is 23.6 Å². The van der Waals surface area contributed by atoms with Crippen molar-refractivity contribution in [3.63, 3.8) is 0 Å². The number of furan rings is 1. The number of aliphatic hydroxyl groups is 1. The van der Waals surface area contributed by atoms with Crippen LogP contribution in [0.25, 0.3) is 5.76 Å². The third-order valence-electron chi connectivity index (χ3n) is 5.20. The maximum Gasteiger partial charge on any atom is 0.350 e. The molecule has 0 bridgehead atoms. The number of amides is 1. The van der Waals surface area contributed by atoms with E-state index < -0.39 is 23.7 Å². The number of ether oxygens (including phenoxy) is 2. The lowest BCUT2D eigenvalue weighted by molar-refractivity contribution is -0.132. The third-order valence-corrected chi connectivity index (χ3v) is 6.34. The zero-order chi connectivity index (χ0) is 24.4. The highest BCUT2D eigenvalue weighted by Gasteiger charge is 2.49. The number of ketones is 1. The van der Waals surface area contributed by atoms with Gasteiger partial charge in [-0.1, -0.05) is 30.4 Å². The fourth-order valence-electron chi connectivity index (χ4n) is 3.62. The van der Waals surface area contributed by atoms with Gasteiger partial charge in [0.2, 0.25) is 0 Å². The summed E-state index contributed by atoms with van der Waals surface area (Å²) in [4.78, 5) is 44.0. The van der Waals surface area contributed by atoms with Crippen LogP contribution < -0.4 is 9.64 Å². The minimum Gasteiger partial charge on any atom is -0.507 e. The summed E-state index contributed by atoms with van der Waals surface area (Å²) in [7, 11) is 1.24. The number of aryl methyl sites for hydroxylation is 1. The predicted molar refractivity (Wildman–Crippen MR) is 124 cm³/mol. The molecule has 1 fully saturated rings. The molecule has 0 saturated carbocycles. The van der Waals surface area contributed by atoms with Crippen molar-refractivity contribution in [1.82, 2.24) is 4.98 Å². The Bertz CT molecular complexity index is 1280. The summed E-state index contributed by atoms with van der Waals surface area (Å²) < 4.78 is 15.9. The second-order valence-electron chi connectivity index (χ2n) is 7.46. The molecule has 9 nitrogen and oxygen atoms in total. The molecule has 34 heavy (non-hydrogen) atoms. The van der Waals surface area contributed by atoms with E-state index in [9.17, 15) is 19.5 Å². The summed E-state index contributed by atoms with van der Waals surface area (Å²) in [6.45, 7) is 4.07. The van der Waals surface area contributed by atoms with Crippen LogP contribution in [0.15, 0.2) is 52.7 Å². The number of carbonyl (C=O) groups is 3. The van der Waals surface area contributed by atoms with Crippen LogP contribution in [0.1, 0.15) is 46.1 Å². The van der Waals surface area contributed by atoms with Crippen molar-refractivity contribution in [1.29, 1.82) is 0 Å². The van der Waals surface area contributed by atoms with Crippen molar-refractivity contribution in [2.75, 3.05) is 18.6 Å². The number of rotatable bonds is 7. The fourth-order valence-corrected chi connectivity index (χ4v) is 4.63. The first-order valence-corrected chi connectivity index (χ1v) is 11.3. The van der Waals surface area contributed by atoms with Crippen molar-refractivity contribution in [2.24, 2.45) is 0 Å². The van der Waals surface area contributed by atoms with Gasteiger partial charge >= 0.3 is 11.9 Å². The van der Waals surface area contributed by atoms with Crippen molar-refractivity contribution >= 4 is 39.9 Å². The molecule has 0 spiro atoms. The molecule has 1 aliphatic heterocycles. The molecule has 1 amide bonds. The Balaban J connectivity index is 1.85. The number of thiazole rings is 1. The van der Waals surface area contributed by atoms with Crippen LogP contribution in [-0.2, 0) is 14.3 Å². The molecule has 0 radical (unpaired) electrons. The Hall–Kier alpha value is -3.92. The summed E-state index contributed by atoms with van der Waals surface area (Å²) in [6.07, 6.45) is 2.21. The fraction of sp³-hybridized carbons (Fsp3) is 0.250. The Morgan fingerprint density at radius 2 is 2.06 bits per heavy atom. The molecule has 176 valence electrons. The summed E-state index contributed by atoms with van der Waals surface area (Å²) >= 11 is 0.919. The number of anilines is 1. The van der Waals surface area contributed by atoms with E-state index in [-0.39, 0.29) is 27.1 Å². The first kappa shape index (κ1) is 23.2. The number of nitrogens with zero attached hydrogens (tertiary/aromatic N) is 2. The number of aliphatic hydroxyl groups excluding tert-OH is 1. The molecule has 1 atom stereocenters. The Morgan fingerprint density at radius 3 is 2.74 bits per heavy atom. The van der Waals surface area contributed by atoms with Crippen LogP contribution in [-0.4, -0.2) is 41.5 Å². The number of esters is 1. The van der Waals surface area contributed by atoms with Gasteiger partial charge < -0.3 is 19.0 Å². The standard InChI is InChI=1S/C24H22N2O7S/c1-4-10-32-15-8-5-7-14(12-15)19(27)17-18(16-9-6-11-33-16)26(22(29)20(17)28)24-25-13(2)21(34-24)23(30)31-3/h5-9,11-12,18,27H,4,10H2,1-3H3/b19-17+. The maximum absolute atomic E-state index is 13.2. The van der Waals surface area contributed by atoms with Gasteiger partial charge in [0.15, 0.2) is 5.13 Å². The lowest BCUT2D eigenvalue weighted by Crippen LogP contribution is -2.29. The Morgan fingerprint density at radius 1 is 1.26 bits per heavy atom. The molecule has 2 aromatic heterocycles. The average Bonchev–Trinajstić information content (AvgIpc) is 3.56.